The van der Waals surface area contributed by atoms with Crippen LogP contribution >= 0.6 is 11.6 Å². The number of nitrogens with one attached hydrogen (secondary N) is 2. The number of hydrogen-bond donors (Lipinski definition) is 3. The standard InChI is InChI=1S/C22H21ClFN9O3/c1-32(2)11-17-19(27-31-33(17)21-20(25)29-36-30-21)22(34)28-26-10-13-6-3-4-9-18(13)35-12-14-15(23)7-5-8-16(14)24/h3-10H,11-12H2,1-2H3,(H2,25,29)(H,28,34)/p+1. The monoisotopic (exact) mass is 514 g/mol. The van der Waals surface area contributed by atoms with Crippen molar-refractivity contribution in [2.24, 2.45) is 5.10 Å². The highest BCUT2D eigenvalue weighted by Crippen LogP contribution is 2.23. The summed E-state index contributed by atoms with van der Waals surface area (Å²) in [6.07, 6.45) is 1.40. The van der Waals surface area contributed by atoms with E-state index < -0.39 is 11.7 Å². The lowest BCUT2D eigenvalue weighted by molar-refractivity contribution is -0.873. The minimum absolute atomic E-state index is 0.00756. The van der Waals surface area contributed by atoms with Gasteiger partial charge in [0.15, 0.2) is 5.69 Å². The number of para-hydroxylation sites is 1. The minimum atomic E-state index is -0.597. The molecule has 1 amide bonds. The van der Waals surface area contributed by atoms with Gasteiger partial charge in [0.25, 0.3) is 5.91 Å². The number of hydrogen-bond acceptors (Lipinski definition) is 9. The third-order valence-electron chi connectivity index (χ3n) is 4.92. The number of ether oxygens (including phenoxy) is 1. The summed E-state index contributed by atoms with van der Waals surface area (Å²) in [5.74, 6) is -0.505. The maximum atomic E-state index is 14.1. The van der Waals surface area contributed by atoms with Crippen LogP contribution in [0.15, 0.2) is 52.2 Å². The highest BCUT2D eigenvalue weighted by molar-refractivity contribution is 6.31. The minimum Gasteiger partial charge on any atom is -0.488 e. The molecule has 0 aliphatic rings. The molecule has 12 nitrogen and oxygen atoms in total. The zero-order chi connectivity index (χ0) is 25.7. The fraction of sp³-hybridized carbons (Fsp3) is 0.182. The number of carbonyl (C=O) groups excluding carboxylic acids is 1. The van der Waals surface area contributed by atoms with E-state index in [-0.39, 0.29) is 34.5 Å². The van der Waals surface area contributed by atoms with Crippen molar-refractivity contribution in [3.63, 3.8) is 0 Å². The first-order valence-electron chi connectivity index (χ1n) is 10.6. The zero-order valence-corrected chi connectivity index (χ0v) is 20.0. The van der Waals surface area contributed by atoms with Crippen molar-refractivity contribution in [1.82, 2.24) is 30.7 Å². The first kappa shape index (κ1) is 24.8. The molecule has 0 saturated heterocycles. The Balaban J connectivity index is 1.50. The number of nitrogens with two attached hydrogens (primary N) is 1. The number of benzene rings is 2. The first-order chi connectivity index (χ1) is 17.3. The summed E-state index contributed by atoms with van der Waals surface area (Å²) in [4.78, 5) is 13.8. The molecule has 0 unspecified atom stereocenters. The van der Waals surface area contributed by atoms with Gasteiger partial charge in [0.2, 0.25) is 11.6 Å². The molecule has 2 heterocycles. The third kappa shape index (κ3) is 5.47. The van der Waals surface area contributed by atoms with Crippen molar-refractivity contribution in [2.45, 2.75) is 13.2 Å². The lowest BCUT2D eigenvalue weighted by atomic mass is 10.2. The van der Waals surface area contributed by atoms with Crippen LogP contribution in [0.1, 0.15) is 27.3 Å². The van der Waals surface area contributed by atoms with Gasteiger partial charge in [0, 0.05) is 11.1 Å². The second kappa shape index (κ2) is 10.9. The van der Waals surface area contributed by atoms with E-state index in [9.17, 15) is 9.18 Å². The van der Waals surface area contributed by atoms with E-state index in [1.807, 2.05) is 14.1 Å². The van der Waals surface area contributed by atoms with Gasteiger partial charge in [-0.3, -0.25) is 4.79 Å². The predicted molar refractivity (Wildman–Crippen MR) is 127 cm³/mol. The quantitative estimate of drug-likeness (QED) is 0.221. The van der Waals surface area contributed by atoms with Crippen LogP contribution in [0.5, 0.6) is 5.75 Å². The van der Waals surface area contributed by atoms with Gasteiger partial charge >= 0.3 is 0 Å². The molecule has 4 N–H and O–H groups in total. The number of amides is 1. The maximum Gasteiger partial charge on any atom is 0.294 e. The Morgan fingerprint density at radius 3 is 2.81 bits per heavy atom. The number of aromatic nitrogens is 5. The lowest BCUT2D eigenvalue weighted by Gasteiger charge is -2.11. The average molecular weight is 515 g/mol. The van der Waals surface area contributed by atoms with Crippen LogP contribution in [0, 0.1) is 5.82 Å². The van der Waals surface area contributed by atoms with Gasteiger partial charge in [-0.05, 0) is 34.6 Å². The smallest absolute Gasteiger partial charge is 0.294 e. The molecule has 0 aliphatic carbocycles. The van der Waals surface area contributed by atoms with E-state index in [2.05, 4.69) is 35.8 Å². The van der Waals surface area contributed by atoms with Gasteiger partial charge in [-0.2, -0.15) is 9.78 Å². The molecule has 0 radical (unpaired) electrons. The van der Waals surface area contributed by atoms with Crippen LogP contribution in [0.3, 0.4) is 0 Å². The van der Waals surface area contributed by atoms with Gasteiger partial charge in [0.1, 0.15) is 30.4 Å². The van der Waals surface area contributed by atoms with Crippen molar-refractivity contribution in [1.29, 1.82) is 0 Å². The average Bonchev–Trinajstić information content (AvgIpc) is 3.44. The Labute approximate surface area is 209 Å². The van der Waals surface area contributed by atoms with Crippen LogP contribution in [-0.2, 0) is 13.2 Å². The molecular formula is C22H22ClFN9O3+. The Morgan fingerprint density at radius 1 is 1.28 bits per heavy atom. The summed E-state index contributed by atoms with van der Waals surface area (Å²) >= 11 is 6.07. The Hall–Kier alpha value is -4.36. The molecule has 2 aromatic carbocycles. The summed E-state index contributed by atoms with van der Waals surface area (Å²) in [7, 11) is 3.79. The second-order valence-corrected chi connectivity index (χ2v) is 8.29. The molecule has 0 spiro atoms. The molecule has 0 aliphatic heterocycles. The van der Waals surface area contributed by atoms with Gasteiger partial charge in [0.05, 0.1) is 25.3 Å². The van der Waals surface area contributed by atoms with Crippen LogP contribution in [-0.4, -0.2) is 51.5 Å². The summed E-state index contributed by atoms with van der Waals surface area (Å²) in [6.45, 7) is 0.295. The number of halogens is 2. The van der Waals surface area contributed by atoms with Crippen molar-refractivity contribution in [3.8, 4) is 11.6 Å². The molecule has 0 atom stereocenters. The zero-order valence-electron chi connectivity index (χ0n) is 19.3. The first-order valence-corrected chi connectivity index (χ1v) is 11.0. The molecular weight excluding hydrogens is 493 g/mol. The fourth-order valence-electron chi connectivity index (χ4n) is 3.23. The van der Waals surface area contributed by atoms with E-state index in [0.29, 0.717) is 23.6 Å². The van der Waals surface area contributed by atoms with E-state index >= 15 is 0 Å². The van der Waals surface area contributed by atoms with Gasteiger partial charge < -0.3 is 15.4 Å². The SMILES string of the molecule is C[NH+](C)Cc1c(C(=O)NN=Cc2ccccc2OCc2c(F)cccc2Cl)nnn1-c1nonc1N. The van der Waals surface area contributed by atoms with E-state index in [1.54, 1.807) is 30.3 Å². The van der Waals surface area contributed by atoms with E-state index in [0.717, 1.165) is 4.90 Å². The number of nitrogens with zero attached hydrogens (tertiary/aromatic N) is 6. The molecule has 0 bridgehead atoms. The maximum absolute atomic E-state index is 14.1. The Morgan fingerprint density at radius 2 is 2.08 bits per heavy atom. The molecule has 4 aromatic rings. The van der Waals surface area contributed by atoms with Gasteiger partial charge in [-0.15, -0.1) is 5.10 Å². The summed E-state index contributed by atoms with van der Waals surface area (Å²) in [6, 6.07) is 11.4. The Bertz CT molecular complexity index is 1380. The molecule has 14 heteroatoms. The van der Waals surface area contributed by atoms with Gasteiger partial charge in [-0.1, -0.05) is 35.0 Å². The predicted octanol–water partition coefficient (Wildman–Crippen LogP) is 1.01. The highest BCUT2D eigenvalue weighted by atomic mass is 35.5. The highest BCUT2D eigenvalue weighted by Gasteiger charge is 2.25. The van der Waals surface area contributed by atoms with Crippen LogP contribution < -0.4 is 20.8 Å². The van der Waals surface area contributed by atoms with Gasteiger partial charge in [-0.25, -0.2) is 14.4 Å². The van der Waals surface area contributed by atoms with E-state index in [4.69, 9.17) is 22.1 Å². The topological polar surface area (TPSA) is 151 Å². The molecule has 36 heavy (non-hydrogen) atoms. The van der Waals surface area contributed by atoms with Crippen LogP contribution in [0.2, 0.25) is 5.02 Å². The lowest BCUT2D eigenvalue weighted by Crippen LogP contribution is -3.04. The fourth-order valence-corrected chi connectivity index (χ4v) is 3.45. The number of carbonyl (C=O) groups is 1. The van der Waals surface area contributed by atoms with Crippen molar-refractivity contribution < 1.29 is 23.5 Å². The summed E-state index contributed by atoms with van der Waals surface area (Å²) in [5, 5.41) is 19.5. The summed E-state index contributed by atoms with van der Waals surface area (Å²) < 4.78 is 25.7. The number of quaternary nitrogens is 1. The van der Waals surface area contributed by atoms with Crippen LogP contribution in [0.4, 0.5) is 10.2 Å². The van der Waals surface area contributed by atoms with Crippen molar-refractivity contribution in [2.75, 3.05) is 19.8 Å². The molecule has 4 rings (SSSR count). The van der Waals surface area contributed by atoms with Crippen LogP contribution in [0.25, 0.3) is 5.82 Å². The third-order valence-corrected chi connectivity index (χ3v) is 5.27. The number of hydrazone groups is 1. The number of anilines is 1. The Kier molecular flexibility index (Phi) is 7.51. The number of rotatable bonds is 9. The molecule has 0 fully saturated rings. The molecule has 186 valence electrons. The molecule has 2 aromatic heterocycles. The second-order valence-electron chi connectivity index (χ2n) is 7.88. The number of nitrogen functional groups attached to an aromatic ring is 1. The van der Waals surface area contributed by atoms with Crippen molar-refractivity contribution in [3.05, 3.63) is 75.8 Å². The summed E-state index contributed by atoms with van der Waals surface area (Å²) in [5.41, 5.74) is 9.46. The largest absolute Gasteiger partial charge is 0.488 e. The molecule has 0 saturated carbocycles. The normalized spacial score (nSPS) is 11.4. The van der Waals surface area contributed by atoms with E-state index in [1.165, 1.54) is 23.0 Å². The van der Waals surface area contributed by atoms with Crippen molar-refractivity contribution >= 4 is 29.5 Å².